The van der Waals surface area contributed by atoms with E-state index in [2.05, 4.69) is 27.8 Å². The molecule has 1 amide bonds. The zero-order valence-electron chi connectivity index (χ0n) is 12.0. The smallest absolute Gasteiger partial charge is 0.251 e. The Labute approximate surface area is 118 Å². The van der Waals surface area contributed by atoms with E-state index in [4.69, 9.17) is 0 Å². The van der Waals surface area contributed by atoms with Gasteiger partial charge in [-0.05, 0) is 48.9 Å². The van der Waals surface area contributed by atoms with Crippen LogP contribution in [0.25, 0.3) is 5.69 Å². The molecular formula is C14H19N5O. The number of aromatic nitrogens is 4. The second-order valence-electron chi connectivity index (χ2n) is 5.39. The molecule has 1 aromatic heterocycles. The summed E-state index contributed by atoms with van der Waals surface area (Å²) >= 11 is 0. The highest BCUT2D eigenvalue weighted by atomic mass is 16.1. The zero-order chi connectivity index (χ0) is 14.6. The van der Waals surface area contributed by atoms with Gasteiger partial charge in [-0.25, -0.2) is 4.68 Å². The zero-order valence-corrected chi connectivity index (χ0v) is 12.0. The predicted molar refractivity (Wildman–Crippen MR) is 75.6 cm³/mol. The molecule has 0 bridgehead atoms. The van der Waals surface area contributed by atoms with Crippen molar-refractivity contribution < 1.29 is 4.79 Å². The maximum atomic E-state index is 12.3. The number of carbonyl (C=O) groups is 1. The number of rotatable bonds is 5. The quantitative estimate of drug-likeness (QED) is 0.904. The molecule has 0 spiro atoms. The third-order valence-corrected chi connectivity index (χ3v) is 3.05. The van der Waals surface area contributed by atoms with E-state index in [1.54, 1.807) is 12.1 Å². The second-order valence-corrected chi connectivity index (χ2v) is 5.39. The van der Waals surface area contributed by atoms with Crippen LogP contribution in [0.3, 0.4) is 0 Å². The number of benzene rings is 1. The Balaban J connectivity index is 2.17. The van der Waals surface area contributed by atoms with Crippen molar-refractivity contribution >= 4 is 5.91 Å². The molecule has 1 N–H and O–H groups in total. The summed E-state index contributed by atoms with van der Waals surface area (Å²) in [7, 11) is 0. The van der Waals surface area contributed by atoms with Crippen LogP contribution >= 0.6 is 0 Å². The van der Waals surface area contributed by atoms with Gasteiger partial charge in [-0.15, -0.1) is 5.10 Å². The molecule has 0 aliphatic heterocycles. The molecule has 0 saturated carbocycles. The van der Waals surface area contributed by atoms with Crippen LogP contribution in [0, 0.1) is 0 Å². The maximum Gasteiger partial charge on any atom is 0.251 e. The third-order valence-electron chi connectivity index (χ3n) is 3.05. The molecule has 0 unspecified atom stereocenters. The first-order valence-corrected chi connectivity index (χ1v) is 6.68. The highest BCUT2D eigenvalue weighted by molar-refractivity contribution is 5.95. The summed E-state index contributed by atoms with van der Waals surface area (Å²) in [4.78, 5) is 12.3. The first-order chi connectivity index (χ1) is 9.52. The maximum absolute atomic E-state index is 12.3. The number of nitrogens with one attached hydrogen (secondary N) is 1. The molecule has 0 fully saturated rings. The first kappa shape index (κ1) is 14.2. The first-order valence-electron chi connectivity index (χ1n) is 6.68. The summed E-state index contributed by atoms with van der Waals surface area (Å²) in [6, 6.07) is 7.22. The Hall–Kier alpha value is -2.24. The number of hydrogen-bond acceptors (Lipinski definition) is 4. The minimum Gasteiger partial charge on any atom is -0.347 e. The van der Waals surface area contributed by atoms with Gasteiger partial charge in [0.1, 0.15) is 6.33 Å². The Kier molecular flexibility index (Phi) is 4.12. The molecule has 2 aromatic rings. The Bertz CT molecular complexity index is 577. The van der Waals surface area contributed by atoms with Gasteiger partial charge in [-0.1, -0.05) is 19.4 Å². The lowest BCUT2D eigenvalue weighted by molar-refractivity contribution is 0.0909. The normalized spacial score (nSPS) is 11.3. The SMILES string of the molecule is CCCC(C)(C)NC(=O)c1cccc(-n2cnnn2)c1. The monoisotopic (exact) mass is 273 g/mol. The van der Waals surface area contributed by atoms with Gasteiger partial charge in [0.15, 0.2) is 0 Å². The molecule has 1 heterocycles. The fourth-order valence-corrected chi connectivity index (χ4v) is 2.14. The van der Waals surface area contributed by atoms with Crippen molar-refractivity contribution in [1.82, 2.24) is 25.5 Å². The Morgan fingerprint density at radius 1 is 1.40 bits per heavy atom. The average molecular weight is 273 g/mol. The van der Waals surface area contributed by atoms with E-state index < -0.39 is 0 Å². The predicted octanol–water partition coefficient (Wildman–Crippen LogP) is 1.97. The van der Waals surface area contributed by atoms with E-state index in [1.807, 2.05) is 26.0 Å². The fourth-order valence-electron chi connectivity index (χ4n) is 2.14. The van der Waals surface area contributed by atoms with Crippen molar-refractivity contribution in [2.45, 2.75) is 39.2 Å². The van der Waals surface area contributed by atoms with E-state index in [1.165, 1.54) is 11.0 Å². The molecule has 2 rings (SSSR count). The van der Waals surface area contributed by atoms with Crippen LogP contribution in [0.5, 0.6) is 0 Å². The largest absolute Gasteiger partial charge is 0.347 e. The lowest BCUT2D eigenvalue weighted by atomic mass is 9.98. The van der Waals surface area contributed by atoms with Crippen LogP contribution in [0.1, 0.15) is 44.0 Å². The van der Waals surface area contributed by atoms with Gasteiger partial charge in [0.2, 0.25) is 0 Å². The molecule has 0 saturated heterocycles. The average Bonchev–Trinajstić information content (AvgIpc) is 2.92. The van der Waals surface area contributed by atoms with Gasteiger partial charge in [0, 0.05) is 11.1 Å². The van der Waals surface area contributed by atoms with Crippen LogP contribution in [-0.4, -0.2) is 31.7 Å². The van der Waals surface area contributed by atoms with Crippen molar-refractivity contribution in [3.63, 3.8) is 0 Å². The molecule has 1 aromatic carbocycles. The third kappa shape index (κ3) is 3.40. The van der Waals surface area contributed by atoms with Crippen LogP contribution in [0.4, 0.5) is 0 Å². The van der Waals surface area contributed by atoms with E-state index >= 15 is 0 Å². The number of tetrazole rings is 1. The summed E-state index contributed by atoms with van der Waals surface area (Å²) in [6.45, 7) is 6.16. The summed E-state index contributed by atoms with van der Waals surface area (Å²) in [5, 5.41) is 14.0. The Morgan fingerprint density at radius 2 is 2.20 bits per heavy atom. The van der Waals surface area contributed by atoms with Crippen molar-refractivity contribution in [3.8, 4) is 5.69 Å². The summed E-state index contributed by atoms with van der Waals surface area (Å²) < 4.78 is 1.52. The van der Waals surface area contributed by atoms with Gasteiger partial charge >= 0.3 is 0 Å². The lowest BCUT2D eigenvalue weighted by Gasteiger charge is -2.25. The van der Waals surface area contributed by atoms with Crippen LogP contribution < -0.4 is 5.32 Å². The van der Waals surface area contributed by atoms with Gasteiger partial charge in [0.25, 0.3) is 5.91 Å². The molecule has 106 valence electrons. The van der Waals surface area contributed by atoms with E-state index in [0.29, 0.717) is 5.56 Å². The summed E-state index contributed by atoms with van der Waals surface area (Å²) in [6.07, 6.45) is 3.46. The number of nitrogens with zero attached hydrogens (tertiary/aromatic N) is 4. The van der Waals surface area contributed by atoms with Crippen LogP contribution in [0.2, 0.25) is 0 Å². The van der Waals surface area contributed by atoms with Crippen LogP contribution in [-0.2, 0) is 0 Å². The fraction of sp³-hybridized carbons (Fsp3) is 0.429. The molecule has 0 radical (unpaired) electrons. The van der Waals surface area contributed by atoms with E-state index in [0.717, 1.165) is 18.5 Å². The van der Waals surface area contributed by atoms with Gasteiger partial charge in [0.05, 0.1) is 5.69 Å². The molecule has 0 aliphatic carbocycles. The van der Waals surface area contributed by atoms with Crippen molar-refractivity contribution in [2.75, 3.05) is 0 Å². The van der Waals surface area contributed by atoms with Crippen molar-refractivity contribution in [2.24, 2.45) is 0 Å². The van der Waals surface area contributed by atoms with Crippen molar-refractivity contribution in [1.29, 1.82) is 0 Å². The standard InChI is InChI=1S/C14H19N5O/c1-4-8-14(2,3)16-13(20)11-6-5-7-12(9-11)19-10-15-17-18-19/h5-7,9-10H,4,8H2,1-3H3,(H,16,20). The van der Waals surface area contributed by atoms with E-state index in [-0.39, 0.29) is 11.4 Å². The number of amides is 1. The molecule has 0 atom stereocenters. The van der Waals surface area contributed by atoms with Gasteiger partial charge in [-0.3, -0.25) is 4.79 Å². The molecule has 6 nitrogen and oxygen atoms in total. The topological polar surface area (TPSA) is 72.7 Å². The van der Waals surface area contributed by atoms with E-state index in [9.17, 15) is 4.79 Å². The van der Waals surface area contributed by atoms with Crippen LogP contribution in [0.15, 0.2) is 30.6 Å². The molecule has 0 aliphatic rings. The van der Waals surface area contributed by atoms with Gasteiger partial charge in [-0.2, -0.15) is 0 Å². The summed E-state index contributed by atoms with van der Waals surface area (Å²) in [5.74, 6) is -0.0848. The van der Waals surface area contributed by atoms with Crippen molar-refractivity contribution in [3.05, 3.63) is 36.2 Å². The second kappa shape index (κ2) is 5.81. The highest BCUT2D eigenvalue weighted by Crippen LogP contribution is 2.14. The minimum atomic E-state index is -0.212. The molecule has 6 heteroatoms. The molecule has 20 heavy (non-hydrogen) atoms. The summed E-state index contributed by atoms with van der Waals surface area (Å²) in [5.41, 5.74) is 1.15. The molecular weight excluding hydrogens is 254 g/mol. The minimum absolute atomic E-state index is 0.0848. The Morgan fingerprint density at radius 3 is 2.85 bits per heavy atom. The lowest BCUT2D eigenvalue weighted by Crippen LogP contribution is -2.43. The number of hydrogen-bond donors (Lipinski definition) is 1. The number of carbonyl (C=O) groups excluding carboxylic acids is 1. The van der Waals surface area contributed by atoms with Gasteiger partial charge < -0.3 is 5.32 Å². The highest BCUT2D eigenvalue weighted by Gasteiger charge is 2.20.